The van der Waals surface area contributed by atoms with Crippen LogP contribution in [0.1, 0.15) is 117 Å². The summed E-state index contributed by atoms with van der Waals surface area (Å²) in [6, 6.07) is 26.4. The molecule has 2 aliphatic heterocycles. The molecular formula is C50H42N2O6. The molecule has 0 radical (unpaired) electrons. The largest absolute Gasteiger partial charge is 0.456 e. The molecule has 2 heterocycles. The fourth-order valence-electron chi connectivity index (χ4n) is 10.5. The van der Waals surface area contributed by atoms with Crippen molar-refractivity contribution in [1.29, 1.82) is 0 Å². The number of carbonyl (C=O) groups is 4. The second-order valence-electron chi connectivity index (χ2n) is 16.7. The highest BCUT2D eigenvalue weighted by atomic mass is 16.5. The van der Waals surface area contributed by atoms with E-state index in [0.29, 0.717) is 77.6 Å². The van der Waals surface area contributed by atoms with Gasteiger partial charge in [-0.25, -0.2) is 0 Å². The molecule has 2 saturated carbocycles. The molecule has 2 aliphatic carbocycles. The van der Waals surface area contributed by atoms with E-state index in [1.807, 2.05) is 98.8 Å². The average molecular weight is 767 g/mol. The summed E-state index contributed by atoms with van der Waals surface area (Å²) in [4.78, 5) is 61.8. The monoisotopic (exact) mass is 766 g/mol. The van der Waals surface area contributed by atoms with E-state index in [4.69, 9.17) is 9.47 Å². The van der Waals surface area contributed by atoms with Crippen LogP contribution in [0.5, 0.6) is 23.0 Å². The Balaban J connectivity index is 1.27. The summed E-state index contributed by atoms with van der Waals surface area (Å²) >= 11 is 0. The number of hydrogen-bond donors (Lipinski definition) is 0. The molecule has 7 aromatic carbocycles. The lowest BCUT2D eigenvalue weighted by Gasteiger charge is -2.37. The predicted octanol–water partition coefficient (Wildman–Crippen LogP) is 11.8. The van der Waals surface area contributed by atoms with Crippen molar-refractivity contribution in [1.82, 2.24) is 9.80 Å². The highest BCUT2D eigenvalue weighted by Crippen LogP contribution is 2.53. The fourth-order valence-corrected chi connectivity index (χ4v) is 10.5. The van der Waals surface area contributed by atoms with Gasteiger partial charge in [-0.3, -0.25) is 29.0 Å². The minimum absolute atomic E-state index is 0.167. The third-order valence-corrected chi connectivity index (χ3v) is 13.3. The molecular weight excluding hydrogens is 725 g/mol. The second-order valence-corrected chi connectivity index (χ2v) is 16.7. The molecule has 0 bridgehead atoms. The Morgan fingerprint density at radius 3 is 1.19 bits per heavy atom. The highest BCUT2D eigenvalue weighted by Gasteiger charge is 2.42. The lowest BCUT2D eigenvalue weighted by Crippen LogP contribution is -2.48. The number of carbonyl (C=O) groups excluding carboxylic acids is 4. The van der Waals surface area contributed by atoms with Gasteiger partial charge >= 0.3 is 0 Å². The van der Waals surface area contributed by atoms with Crippen LogP contribution in [0, 0.1) is 13.8 Å². The van der Waals surface area contributed by atoms with Gasteiger partial charge < -0.3 is 9.47 Å². The molecule has 11 rings (SSSR count). The summed E-state index contributed by atoms with van der Waals surface area (Å²) < 4.78 is 13.8. The molecule has 0 unspecified atom stereocenters. The minimum atomic E-state index is -0.311. The van der Waals surface area contributed by atoms with Crippen molar-refractivity contribution in [3.8, 4) is 23.0 Å². The number of hydrogen-bond acceptors (Lipinski definition) is 6. The number of ether oxygens (including phenoxy) is 2. The van der Waals surface area contributed by atoms with Crippen LogP contribution in [-0.2, 0) is 0 Å². The minimum Gasteiger partial charge on any atom is -0.456 e. The van der Waals surface area contributed by atoms with E-state index in [2.05, 4.69) is 0 Å². The zero-order valence-electron chi connectivity index (χ0n) is 32.7. The lowest BCUT2D eigenvalue weighted by atomic mass is 9.80. The summed E-state index contributed by atoms with van der Waals surface area (Å²) in [5.41, 5.74) is 3.65. The van der Waals surface area contributed by atoms with E-state index in [0.717, 1.165) is 86.1 Å². The van der Waals surface area contributed by atoms with Crippen LogP contribution in [0.2, 0.25) is 0 Å². The van der Waals surface area contributed by atoms with E-state index in [-0.39, 0.29) is 35.7 Å². The van der Waals surface area contributed by atoms with Gasteiger partial charge in [0.25, 0.3) is 23.6 Å². The first kappa shape index (κ1) is 34.9. The number of imide groups is 2. The number of benzene rings is 7. The summed E-state index contributed by atoms with van der Waals surface area (Å²) in [5.74, 6) is 1.03. The van der Waals surface area contributed by atoms with Gasteiger partial charge in [0.05, 0.1) is 11.1 Å². The molecule has 4 amide bonds. The molecule has 4 aliphatic rings. The van der Waals surface area contributed by atoms with Crippen LogP contribution in [0.15, 0.2) is 84.9 Å². The molecule has 0 spiro atoms. The van der Waals surface area contributed by atoms with Crippen LogP contribution < -0.4 is 9.47 Å². The Morgan fingerprint density at radius 1 is 0.414 bits per heavy atom. The number of fused-ring (bicyclic) bond motifs is 2. The molecule has 2 fully saturated rings. The zero-order valence-corrected chi connectivity index (χ0v) is 32.7. The van der Waals surface area contributed by atoms with Gasteiger partial charge in [0, 0.05) is 55.5 Å². The molecule has 288 valence electrons. The Kier molecular flexibility index (Phi) is 7.91. The third kappa shape index (κ3) is 4.99. The lowest BCUT2D eigenvalue weighted by molar-refractivity contribution is 0.0487. The summed E-state index contributed by atoms with van der Waals surface area (Å²) in [6.07, 6.45) is 9.23. The molecule has 0 N–H and O–H groups in total. The summed E-state index contributed by atoms with van der Waals surface area (Å²) in [6.45, 7) is 3.96. The van der Waals surface area contributed by atoms with Crippen molar-refractivity contribution >= 4 is 66.7 Å². The number of aryl methyl sites for hydroxylation is 2. The number of amides is 4. The molecule has 0 aromatic heterocycles. The third-order valence-electron chi connectivity index (χ3n) is 13.3. The molecule has 58 heavy (non-hydrogen) atoms. The van der Waals surface area contributed by atoms with Crippen LogP contribution >= 0.6 is 0 Å². The van der Waals surface area contributed by atoms with Gasteiger partial charge in [0.2, 0.25) is 0 Å². The van der Waals surface area contributed by atoms with E-state index in [9.17, 15) is 19.2 Å². The van der Waals surface area contributed by atoms with E-state index in [1.165, 1.54) is 9.80 Å². The van der Waals surface area contributed by atoms with Gasteiger partial charge in [0.1, 0.15) is 23.0 Å². The van der Waals surface area contributed by atoms with Gasteiger partial charge in [-0.15, -0.1) is 0 Å². The summed E-state index contributed by atoms with van der Waals surface area (Å²) in [5, 5.41) is 5.50. The Labute approximate surface area is 335 Å². The number of nitrogens with zero attached hydrogens (tertiary/aromatic N) is 2. The predicted molar refractivity (Wildman–Crippen MR) is 225 cm³/mol. The first-order chi connectivity index (χ1) is 28.3. The Bertz CT molecular complexity index is 2740. The van der Waals surface area contributed by atoms with Crippen molar-refractivity contribution in [2.75, 3.05) is 0 Å². The Hall–Kier alpha value is -6.28. The maximum absolute atomic E-state index is 14.8. The van der Waals surface area contributed by atoms with Crippen LogP contribution in [0.25, 0.3) is 43.1 Å². The van der Waals surface area contributed by atoms with Crippen molar-refractivity contribution in [3.05, 3.63) is 118 Å². The SMILES string of the molecule is Cc1ccccc1Oc1cc2c3c(ccc4c5c(Oc6ccccc6C)cc6c7c(ccc(c1c34)c75)C(=O)N(C1CCCCC1)C6=O)C(=O)N(C1CCCCC1)C2=O. The Morgan fingerprint density at radius 2 is 0.793 bits per heavy atom. The van der Waals surface area contributed by atoms with Crippen LogP contribution in [0.4, 0.5) is 0 Å². The van der Waals surface area contributed by atoms with Crippen LogP contribution in [-0.4, -0.2) is 45.5 Å². The van der Waals surface area contributed by atoms with Crippen molar-refractivity contribution < 1.29 is 28.7 Å². The molecule has 8 heteroatoms. The van der Waals surface area contributed by atoms with E-state index in [1.54, 1.807) is 0 Å². The first-order valence-corrected chi connectivity index (χ1v) is 20.8. The highest BCUT2D eigenvalue weighted by molar-refractivity contribution is 6.43. The van der Waals surface area contributed by atoms with Gasteiger partial charge in [-0.05, 0) is 97.8 Å². The van der Waals surface area contributed by atoms with Crippen LogP contribution in [0.3, 0.4) is 0 Å². The first-order valence-electron chi connectivity index (χ1n) is 20.8. The smallest absolute Gasteiger partial charge is 0.261 e. The molecule has 0 atom stereocenters. The van der Waals surface area contributed by atoms with Gasteiger partial charge in [-0.2, -0.15) is 0 Å². The average Bonchev–Trinajstić information content (AvgIpc) is 3.24. The van der Waals surface area contributed by atoms with Gasteiger partial charge in [0.15, 0.2) is 0 Å². The standard InChI is InChI=1S/C50H42N2O6/c1-27-13-9-11-19-37(27)57-39-25-35-41-33(47(53)51(49(35)55)29-15-5-3-6-16-29)24-22-32-44-40(58-38-20-12-10-14-28(38)2)26-36-42-34(23-21-31(46(42)44)43(39)45(32)41)48(54)52(50(36)56)30-17-7-4-8-18-30/h9-14,19-26,29-30H,3-8,15-18H2,1-2H3. The molecule has 8 nitrogen and oxygen atoms in total. The fraction of sp³-hybridized carbons (Fsp3) is 0.280. The topological polar surface area (TPSA) is 93.2 Å². The van der Waals surface area contributed by atoms with E-state index < -0.39 is 0 Å². The van der Waals surface area contributed by atoms with Crippen molar-refractivity contribution in [3.63, 3.8) is 0 Å². The number of rotatable bonds is 6. The molecule has 7 aromatic rings. The number of para-hydroxylation sites is 2. The normalized spacial score (nSPS) is 17.8. The molecule has 0 saturated heterocycles. The summed E-state index contributed by atoms with van der Waals surface area (Å²) in [7, 11) is 0. The van der Waals surface area contributed by atoms with Gasteiger partial charge in [-0.1, -0.05) is 87.1 Å². The zero-order chi connectivity index (χ0) is 39.4. The second kappa shape index (κ2) is 13.1. The quantitative estimate of drug-likeness (QED) is 0.0950. The maximum Gasteiger partial charge on any atom is 0.261 e. The van der Waals surface area contributed by atoms with Crippen molar-refractivity contribution in [2.45, 2.75) is 90.1 Å². The van der Waals surface area contributed by atoms with E-state index >= 15 is 0 Å². The maximum atomic E-state index is 14.8. The van der Waals surface area contributed by atoms with Crippen molar-refractivity contribution in [2.24, 2.45) is 0 Å².